The van der Waals surface area contributed by atoms with Crippen LogP contribution in [-0.4, -0.2) is 59.2 Å². The minimum atomic E-state index is -0.0632. The molecular formula is C23H30N6O2. The lowest BCUT2D eigenvalue weighted by molar-refractivity contribution is -0.125. The smallest absolute Gasteiger partial charge is 0.224 e. The largest absolute Gasteiger partial charge is 0.385 e. The molecule has 3 aromatic rings. The number of hydrogen-bond acceptors (Lipinski definition) is 6. The van der Waals surface area contributed by atoms with Crippen molar-refractivity contribution in [2.24, 2.45) is 5.92 Å². The Labute approximate surface area is 182 Å². The highest BCUT2D eigenvalue weighted by molar-refractivity contribution is 5.92. The summed E-state index contributed by atoms with van der Waals surface area (Å²) in [6.45, 7) is 6.79. The number of ether oxygens (including phenoxy) is 1. The van der Waals surface area contributed by atoms with Gasteiger partial charge in [0.05, 0.1) is 28.4 Å². The highest BCUT2D eigenvalue weighted by atomic mass is 16.5. The first-order valence-electron chi connectivity index (χ1n) is 10.9. The predicted molar refractivity (Wildman–Crippen MR) is 121 cm³/mol. The molecule has 8 heteroatoms. The van der Waals surface area contributed by atoms with Crippen LogP contribution in [0.5, 0.6) is 0 Å². The fourth-order valence-electron chi connectivity index (χ4n) is 4.30. The van der Waals surface area contributed by atoms with Crippen LogP contribution in [0, 0.1) is 19.8 Å². The SMILES string of the molecule is COCCCNC(=O)C1CCCN(c2nnc(C)c3c(C)n(-c4ccccc4)nc23)C1. The van der Waals surface area contributed by atoms with Crippen LogP contribution in [-0.2, 0) is 9.53 Å². The van der Waals surface area contributed by atoms with Crippen molar-refractivity contribution in [3.63, 3.8) is 0 Å². The van der Waals surface area contributed by atoms with Gasteiger partial charge in [0.2, 0.25) is 5.91 Å². The number of carbonyl (C=O) groups is 1. The van der Waals surface area contributed by atoms with Crippen LogP contribution < -0.4 is 10.2 Å². The van der Waals surface area contributed by atoms with E-state index < -0.39 is 0 Å². The quantitative estimate of drug-likeness (QED) is 0.590. The van der Waals surface area contributed by atoms with Gasteiger partial charge in [-0.1, -0.05) is 18.2 Å². The molecule has 0 saturated carbocycles. The van der Waals surface area contributed by atoms with Crippen molar-refractivity contribution in [1.29, 1.82) is 0 Å². The predicted octanol–water partition coefficient (Wildman–Crippen LogP) is 2.80. The highest BCUT2D eigenvalue weighted by Crippen LogP contribution is 2.31. The number of piperidine rings is 1. The molecule has 4 rings (SSSR count). The third-order valence-corrected chi connectivity index (χ3v) is 5.90. The van der Waals surface area contributed by atoms with Crippen LogP contribution in [0.1, 0.15) is 30.7 Å². The molecule has 1 N–H and O–H groups in total. The number of amides is 1. The minimum absolute atomic E-state index is 0.0632. The number of aryl methyl sites for hydroxylation is 2. The van der Waals surface area contributed by atoms with E-state index in [1.54, 1.807) is 7.11 Å². The fraction of sp³-hybridized carbons (Fsp3) is 0.478. The fourth-order valence-corrected chi connectivity index (χ4v) is 4.30. The van der Waals surface area contributed by atoms with Gasteiger partial charge in [0.15, 0.2) is 5.82 Å². The summed E-state index contributed by atoms with van der Waals surface area (Å²) < 4.78 is 7.01. The molecule has 2 aromatic heterocycles. The molecule has 0 aliphatic carbocycles. The van der Waals surface area contributed by atoms with Gasteiger partial charge in [-0.2, -0.15) is 10.2 Å². The molecule has 1 saturated heterocycles. The monoisotopic (exact) mass is 422 g/mol. The number of carbonyl (C=O) groups excluding carboxylic acids is 1. The molecule has 8 nitrogen and oxygen atoms in total. The van der Waals surface area contributed by atoms with Gasteiger partial charge in [0.25, 0.3) is 0 Å². The summed E-state index contributed by atoms with van der Waals surface area (Å²) in [5, 5.41) is 17.9. The van der Waals surface area contributed by atoms with Crippen LogP contribution in [0.3, 0.4) is 0 Å². The van der Waals surface area contributed by atoms with Gasteiger partial charge in [-0.25, -0.2) is 4.68 Å². The average Bonchev–Trinajstić information content (AvgIpc) is 3.15. The second-order valence-corrected chi connectivity index (χ2v) is 8.09. The number of fused-ring (bicyclic) bond motifs is 1. The standard InChI is InChI=1S/C23H30N6O2/c1-16-20-17(2)29(19-10-5-4-6-11-19)27-21(20)22(26-25-16)28-13-7-9-18(15-28)23(30)24-12-8-14-31-3/h4-6,10-11,18H,7-9,12-15H2,1-3H3,(H,24,30). The Hall–Kier alpha value is -3.00. The Morgan fingerprint density at radius 1 is 1.23 bits per heavy atom. The van der Waals surface area contributed by atoms with Crippen LogP contribution in [0.4, 0.5) is 5.82 Å². The van der Waals surface area contributed by atoms with Crippen LogP contribution in [0.15, 0.2) is 30.3 Å². The van der Waals surface area contributed by atoms with Gasteiger partial charge in [0.1, 0.15) is 5.52 Å². The third kappa shape index (κ3) is 4.39. The zero-order valence-corrected chi connectivity index (χ0v) is 18.5. The molecule has 1 aliphatic heterocycles. The number of hydrogen-bond donors (Lipinski definition) is 1. The van der Waals surface area contributed by atoms with Gasteiger partial charge in [-0.05, 0) is 45.2 Å². The van der Waals surface area contributed by atoms with Crippen molar-refractivity contribution < 1.29 is 9.53 Å². The van der Waals surface area contributed by atoms with Crippen molar-refractivity contribution in [2.45, 2.75) is 33.1 Å². The molecule has 0 bridgehead atoms. The molecule has 1 amide bonds. The first-order chi connectivity index (χ1) is 15.1. The molecule has 1 fully saturated rings. The Kier molecular flexibility index (Phi) is 6.46. The maximum atomic E-state index is 12.7. The lowest BCUT2D eigenvalue weighted by Gasteiger charge is -2.32. The Bertz CT molecular complexity index is 1050. The van der Waals surface area contributed by atoms with Gasteiger partial charge in [-0.3, -0.25) is 4.79 Å². The van der Waals surface area contributed by atoms with Gasteiger partial charge >= 0.3 is 0 Å². The lowest BCUT2D eigenvalue weighted by Crippen LogP contribution is -2.43. The van der Waals surface area contributed by atoms with E-state index in [-0.39, 0.29) is 11.8 Å². The molecule has 0 spiro atoms. The molecule has 3 heterocycles. The van der Waals surface area contributed by atoms with E-state index in [2.05, 4.69) is 27.3 Å². The van der Waals surface area contributed by atoms with Crippen LogP contribution in [0.25, 0.3) is 16.6 Å². The van der Waals surface area contributed by atoms with Gasteiger partial charge in [0, 0.05) is 33.4 Å². The van der Waals surface area contributed by atoms with E-state index in [0.717, 1.165) is 59.6 Å². The summed E-state index contributed by atoms with van der Waals surface area (Å²) >= 11 is 0. The molecule has 1 unspecified atom stereocenters. The van der Waals surface area contributed by atoms with E-state index in [1.807, 2.05) is 41.9 Å². The van der Waals surface area contributed by atoms with Crippen molar-refractivity contribution in [3.05, 3.63) is 41.7 Å². The van der Waals surface area contributed by atoms with Crippen LogP contribution in [0.2, 0.25) is 0 Å². The minimum Gasteiger partial charge on any atom is -0.385 e. The summed E-state index contributed by atoms with van der Waals surface area (Å²) in [6, 6.07) is 10.1. The number of para-hydroxylation sites is 1. The van der Waals surface area contributed by atoms with E-state index in [4.69, 9.17) is 9.84 Å². The van der Waals surface area contributed by atoms with Gasteiger partial charge < -0.3 is 15.0 Å². The Morgan fingerprint density at radius 2 is 2.03 bits per heavy atom. The molecule has 0 radical (unpaired) electrons. The molecule has 164 valence electrons. The van der Waals surface area contributed by atoms with E-state index in [9.17, 15) is 4.79 Å². The number of aromatic nitrogens is 4. The number of nitrogens with zero attached hydrogens (tertiary/aromatic N) is 5. The molecule has 1 atom stereocenters. The molecule has 1 aromatic carbocycles. The topological polar surface area (TPSA) is 85.2 Å². The number of methoxy groups -OCH3 is 1. The normalized spacial score (nSPS) is 16.6. The van der Waals surface area contributed by atoms with Crippen molar-refractivity contribution >= 4 is 22.6 Å². The first-order valence-corrected chi connectivity index (χ1v) is 10.9. The van der Waals surface area contributed by atoms with Crippen molar-refractivity contribution in [2.75, 3.05) is 38.3 Å². The third-order valence-electron chi connectivity index (χ3n) is 5.90. The van der Waals surface area contributed by atoms with E-state index in [0.29, 0.717) is 19.7 Å². The summed E-state index contributed by atoms with van der Waals surface area (Å²) in [7, 11) is 1.67. The van der Waals surface area contributed by atoms with Gasteiger partial charge in [-0.15, -0.1) is 5.10 Å². The molecule has 1 aliphatic rings. The maximum absolute atomic E-state index is 12.7. The molecule has 31 heavy (non-hydrogen) atoms. The van der Waals surface area contributed by atoms with E-state index in [1.165, 1.54) is 0 Å². The Morgan fingerprint density at radius 3 is 2.81 bits per heavy atom. The second-order valence-electron chi connectivity index (χ2n) is 8.09. The summed E-state index contributed by atoms with van der Waals surface area (Å²) in [6.07, 6.45) is 2.64. The van der Waals surface area contributed by atoms with E-state index >= 15 is 0 Å². The summed E-state index contributed by atoms with van der Waals surface area (Å²) in [4.78, 5) is 14.8. The highest BCUT2D eigenvalue weighted by Gasteiger charge is 2.29. The second kappa shape index (κ2) is 9.43. The van der Waals surface area contributed by atoms with Crippen LogP contribution >= 0.6 is 0 Å². The molecular weight excluding hydrogens is 392 g/mol. The number of rotatable bonds is 7. The summed E-state index contributed by atoms with van der Waals surface area (Å²) in [5.41, 5.74) is 3.76. The zero-order chi connectivity index (χ0) is 21.8. The lowest BCUT2D eigenvalue weighted by atomic mass is 9.97. The average molecular weight is 423 g/mol. The number of nitrogens with one attached hydrogen (secondary N) is 1. The summed E-state index contributed by atoms with van der Waals surface area (Å²) in [5.74, 6) is 0.796. The first kappa shape index (κ1) is 21.2. The maximum Gasteiger partial charge on any atom is 0.224 e. The zero-order valence-electron chi connectivity index (χ0n) is 18.5. The van der Waals surface area contributed by atoms with Crippen molar-refractivity contribution in [3.8, 4) is 5.69 Å². The Balaban J connectivity index is 1.60. The number of benzene rings is 1. The number of anilines is 1. The van der Waals surface area contributed by atoms with Crippen molar-refractivity contribution in [1.82, 2.24) is 25.3 Å².